The number of anilines is 1. The van der Waals surface area contributed by atoms with E-state index in [1.54, 1.807) is 11.3 Å². The Hall–Kier alpha value is -0.570. The lowest BCUT2D eigenvalue weighted by Crippen LogP contribution is -2.53. The van der Waals surface area contributed by atoms with Crippen molar-refractivity contribution in [1.29, 1.82) is 0 Å². The molecule has 0 bridgehead atoms. The van der Waals surface area contributed by atoms with Crippen LogP contribution in [-0.2, 0) is 11.8 Å². The highest BCUT2D eigenvalue weighted by atomic mass is 32.1. The molecule has 0 radical (unpaired) electrons. The van der Waals surface area contributed by atoms with Crippen LogP contribution in [0.5, 0.6) is 0 Å². The second-order valence-electron chi connectivity index (χ2n) is 9.39. The number of nitrogens with two attached hydrogens (primary N) is 1. The molecule has 0 saturated heterocycles. The molecular formula is C20H30N2S. The fourth-order valence-electron chi connectivity index (χ4n) is 7.44. The second kappa shape index (κ2) is 4.74. The predicted octanol–water partition coefficient (Wildman–Crippen LogP) is 5.17. The molecule has 6 atom stereocenters. The van der Waals surface area contributed by atoms with Crippen molar-refractivity contribution in [2.75, 3.05) is 5.73 Å². The third-order valence-corrected chi connectivity index (χ3v) is 9.54. The van der Waals surface area contributed by atoms with Crippen LogP contribution in [0.1, 0.15) is 75.8 Å². The molecule has 5 rings (SSSR count). The largest absolute Gasteiger partial charge is 0.375 e. The normalized spacial score (nSPS) is 48.3. The summed E-state index contributed by atoms with van der Waals surface area (Å²) in [6.07, 6.45) is 13.0. The average Bonchev–Trinajstić information content (AvgIpc) is 3.02. The zero-order chi connectivity index (χ0) is 15.8. The van der Waals surface area contributed by atoms with Crippen molar-refractivity contribution < 1.29 is 0 Å². The standard InChI is InChI=1S/C20H30N2S/c1-19-9-4-3-5-12(19)6-7-13-14(19)8-10-20(2)15(13)11-16-17(20)22-18(21)23-16/h12-15H,3-11H2,1-2H3,(H2,21,22)/t12-,13-,14+,15-,19-,20-/m0/s1. The zero-order valence-electron chi connectivity index (χ0n) is 14.6. The highest BCUT2D eigenvalue weighted by molar-refractivity contribution is 7.15. The number of hydrogen-bond acceptors (Lipinski definition) is 3. The van der Waals surface area contributed by atoms with Crippen LogP contribution in [0, 0.1) is 29.1 Å². The Bertz CT molecular complexity index is 638. The van der Waals surface area contributed by atoms with Gasteiger partial charge in [0.05, 0.1) is 5.69 Å². The molecular weight excluding hydrogens is 300 g/mol. The maximum Gasteiger partial charge on any atom is 0.180 e. The van der Waals surface area contributed by atoms with E-state index in [-0.39, 0.29) is 0 Å². The molecule has 4 aliphatic carbocycles. The molecule has 0 aliphatic heterocycles. The molecule has 1 aromatic heterocycles. The van der Waals surface area contributed by atoms with Gasteiger partial charge in [0.2, 0.25) is 0 Å². The van der Waals surface area contributed by atoms with Gasteiger partial charge in [0.25, 0.3) is 0 Å². The zero-order valence-corrected chi connectivity index (χ0v) is 15.4. The summed E-state index contributed by atoms with van der Waals surface area (Å²) in [5.41, 5.74) is 8.37. The minimum Gasteiger partial charge on any atom is -0.375 e. The van der Waals surface area contributed by atoms with E-state index in [2.05, 4.69) is 13.8 Å². The summed E-state index contributed by atoms with van der Waals surface area (Å²) in [6, 6.07) is 0. The molecule has 1 heterocycles. The Morgan fingerprint density at radius 1 is 1.04 bits per heavy atom. The minimum absolute atomic E-state index is 0.322. The van der Waals surface area contributed by atoms with Gasteiger partial charge < -0.3 is 5.73 Å². The predicted molar refractivity (Wildman–Crippen MR) is 96.6 cm³/mol. The molecule has 3 heteroatoms. The number of nitrogens with zero attached hydrogens (tertiary/aromatic N) is 1. The van der Waals surface area contributed by atoms with E-state index in [1.165, 1.54) is 68.4 Å². The van der Waals surface area contributed by atoms with Crippen LogP contribution in [0.3, 0.4) is 0 Å². The Kier molecular flexibility index (Phi) is 3.04. The number of fused-ring (bicyclic) bond motifs is 7. The highest BCUT2D eigenvalue weighted by Gasteiger charge is 2.59. The summed E-state index contributed by atoms with van der Waals surface area (Å²) < 4.78 is 0. The Balaban J connectivity index is 1.51. The topological polar surface area (TPSA) is 38.9 Å². The van der Waals surface area contributed by atoms with E-state index in [1.807, 2.05) is 0 Å². The quantitative estimate of drug-likeness (QED) is 0.712. The van der Waals surface area contributed by atoms with Crippen molar-refractivity contribution in [2.24, 2.45) is 29.1 Å². The Labute approximate surface area is 144 Å². The monoisotopic (exact) mass is 330 g/mol. The molecule has 23 heavy (non-hydrogen) atoms. The molecule has 2 nitrogen and oxygen atoms in total. The first-order valence-corrected chi connectivity index (χ1v) is 10.6. The van der Waals surface area contributed by atoms with Crippen molar-refractivity contribution >= 4 is 16.5 Å². The van der Waals surface area contributed by atoms with Crippen LogP contribution in [0.4, 0.5) is 5.13 Å². The third kappa shape index (κ3) is 1.83. The second-order valence-corrected chi connectivity index (χ2v) is 10.5. The lowest BCUT2D eigenvalue weighted by atomic mass is 9.45. The number of rotatable bonds is 0. The minimum atomic E-state index is 0.322. The summed E-state index contributed by atoms with van der Waals surface area (Å²) in [5, 5.41) is 0.791. The van der Waals surface area contributed by atoms with Crippen LogP contribution >= 0.6 is 11.3 Å². The summed E-state index contributed by atoms with van der Waals surface area (Å²) in [7, 11) is 0. The SMILES string of the molecule is C[C@]12CCCC[C@H]1CC[C@H]1[C@H]2CC[C@]2(C)c3nc(N)sc3C[C@@H]12. The van der Waals surface area contributed by atoms with Gasteiger partial charge in [-0.3, -0.25) is 0 Å². The average molecular weight is 331 g/mol. The Morgan fingerprint density at radius 3 is 2.78 bits per heavy atom. The first-order chi connectivity index (χ1) is 11.0. The van der Waals surface area contributed by atoms with Gasteiger partial charge in [0.1, 0.15) is 0 Å². The van der Waals surface area contributed by atoms with Gasteiger partial charge in [0.15, 0.2) is 5.13 Å². The summed E-state index contributed by atoms with van der Waals surface area (Å²) in [5.74, 6) is 3.78. The molecule has 4 aliphatic rings. The van der Waals surface area contributed by atoms with E-state index < -0.39 is 0 Å². The van der Waals surface area contributed by atoms with Gasteiger partial charge in [-0.15, -0.1) is 11.3 Å². The lowest BCUT2D eigenvalue weighted by Gasteiger charge is -2.59. The molecule has 0 spiro atoms. The van der Waals surface area contributed by atoms with Gasteiger partial charge in [-0.05, 0) is 74.0 Å². The number of hydrogen-bond donors (Lipinski definition) is 1. The number of aromatic nitrogens is 1. The van der Waals surface area contributed by atoms with Crippen LogP contribution < -0.4 is 5.73 Å². The maximum atomic E-state index is 6.02. The van der Waals surface area contributed by atoms with Crippen LogP contribution in [-0.4, -0.2) is 4.98 Å². The van der Waals surface area contributed by atoms with E-state index in [9.17, 15) is 0 Å². The first-order valence-electron chi connectivity index (χ1n) is 9.78. The van der Waals surface area contributed by atoms with E-state index in [4.69, 9.17) is 10.7 Å². The van der Waals surface area contributed by atoms with Gasteiger partial charge in [0, 0.05) is 10.3 Å². The fraction of sp³-hybridized carbons (Fsp3) is 0.850. The van der Waals surface area contributed by atoms with Crippen molar-refractivity contribution in [3.05, 3.63) is 10.6 Å². The van der Waals surface area contributed by atoms with Gasteiger partial charge >= 0.3 is 0 Å². The van der Waals surface area contributed by atoms with E-state index in [0.29, 0.717) is 10.8 Å². The molecule has 0 aromatic carbocycles. The number of thiazole rings is 1. The van der Waals surface area contributed by atoms with Crippen molar-refractivity contribution in [2.45, 2.75) is 77.0 Å². The molecule has 1 aromatic rings. The third-order valence-electron chi connectivity index (χ3n) is 8.63. The Morgan fingerprint density at radius 2 is 1.91 bits per heavy atom. The fourth-order valence-corrected chi connectivity index (χ4v) is 8.47. The van der Waals surface area contributed by atoms with Crippen LogP contribution in [0.15, 0.2) is 0 Å². The first kappa shape index (κ1) is 14.7. The molecule has 0 unspecified atom stereocenters. The number of nitrogen functional groups attached to an aromatic ring is 1. The van der Waals surface area contributed by atoms with Gasteiger partial charge in [-0.1, -0.05) is 26.7 Å². The van der Waals surface area contributed by atoms with Crippen molar-refractivity contribution in [1.82, 2.24) is 4.98 Å². The summed E-state index contributed by atoms with van der Waals surface area (Å²) in [6.45, 7) is 5.17. The molecule has 3 fully saturated rings. The smallest absolute Gasteiger partial charge is 0.180 e. The van der Waals surface area contributed by atoms with Crippen molar-refractivity contribution in [3.8, 4) is 0 Å². The summed E-state index contributed by atoms with van der Waals surface area (Å²) >= 11 is 1.77. The molecule has 126 valence electrons. The lowest BCUT2D eigenvalue weighted by molar-refractivity contribution is -0.0907. The highest BCUT2D eigenvalue weighted by Crippen LogP contribution is 2.65. The van der Waals surface area contributed by atoms with Gasteiger partial charge in [-0.2, -0.15) is 0 Å². The summed E-state index contributed by atoms with van der Waals surface area (Å²) in [4.78, 5) is 6.30. The van der Waals surface area contributed by atoms with Crippen molar-refractivity contribution in [3.63, 3.8) is 0 Å². The van der Waals surface area contributed by atoms with E-state index >= 15 is 0 Å². The van der Waals surface area contributed by atoms with E-state index in [0.717, 1.165) is 28.8 Å². The molecule has 3 saturated carbocycles. The maximum absolute atomic E-state index is 6.02. The van der Waals surface area contributed by atoms with Crippen LogP contribution in [0.25, 0.3) is 0 Å². The van der Waals surface area contributed by atoms with Crippen LogP contribution in [0.2, 0.25) is 0 Å². The molecule has 2 N–H and O–H groups in total. The van der Waals surface area contributed by atoms with Gasteiger partial charge in [-0.25, -0.2) is 4.98 Å². The molecule has 0 amide bonds.